The van der Waals surface area contributed by atoms with Crippen molar-refractivity contribution < 1.29 is 9.47 Å². The van der Waals surface area contributed by atoms with E-state index in [9.17, 15) is 0 Å². The van der Waals surface area contributed by atoms with E-state index in [1.807, 2.05) is 6.08 Å². The van der Waals surface area contributed by atoms with Crippen LogP contribution in [0.5, 0.6) is 0 Å². The standard InChI is InChI=1S/C31H44O2/c1-4-7-9-11-13-17-23-32-31(33-24-18-14-12-10-8-5-2)29-20-16-15-19-27(29)28-22-21-26(6-3)25-30(28)31/h6,15-16,19-22,25H,3-5,7-14,17-18,23-24H2,1-2H3. The fourth-order valence-corrected chi connectivity index (χ4v) is 4.90. The zero-order valence-corrected chi connectivity index (χ0v) is 21.0. The van der Waals surface area contributed by atoms with Crippen LogP contribution in [0, 0.1) is 0 Å². The quantitative estimate of drug-likeness (QED) is 0.177. The minimum absolute atomic E-state index is 0.717. The first-order valence-electron chi connectivity index (χ1n) is 13.4. The summed E-state index contributed by atoms with van der Waals surface area (Å²) in [6.07, 6.45) is 16.9. The van der Waals surface area contributed by atoms with Crippen LogP contribution in [0.2, 0.25) is 0 Å². The summed E-state index contributed by atoms with van der Waals surface area (Å²) in [5, 5.41) is 0. The summed E-state index contributed by atoms with van der Waals surface area (Å²) in [7, 11) is 0. The molecule has 2 nitrogen and oxygen atoms in total. The Balaban J connectivity index is 1.76. The van der Waals surface area contributed by atoms with Gasteiger partial charge in [0.1, 0.15) is 0 Å². The molecule has 0 aromatic heterocycles. The van der Waals surface area contributed by atoms with Crippen LogP contribution in [0.1, 0.15) is 108 Å². The number of fused-ring (bicyclic) bond motifs is 3. The van der Waals surface area contributed by atoms with Crippen LogP contribution in [0.15, 0.2) is 49.0 Å². The van der Waals surface area contributed by atoms with Gasteiger partial charge in [-0.2, -0.15) is 0 Å². The molecule has 1 aliphatic rings. The van der Waals surface area contributed by atoms with E-state index in [0.29, 0.717) is 13.2 Å². The van der Waals surface area contributed by atoms with E-state index in [4.69, 9.17) is 9.47 Å². The lowest BCUT2D eigenvalue weighted by Gasteiger charge is -2.32. The van der Waals surface area contributed by atoms with Crippen molar-refractivity contribution >= 4 is 6.08 Å². The Bertz CT molecular complexity index is 836. The number of ether oxygens (including phenoxy) is 2. The first kappa shape index (κ1) is 25.7. The number of rotatable bonds is 17. The number of hydrogen-bond donors (Lipinski definition) is 0. The number of benzene rings is 2. The lowest BCUT2D eigenvalue weighted by molar-refractivity contribution is -0.216. The van der Waals surface area contributed by atoms with Gasteiger partial charge >= 0.3 is 0 Å². The largest absolute Gasteiger partial charge is 0.342 e. The van der Waals surface area contributed by atoms with E-state index in [1.165, 1.54) is 75.3 Å². The maximum Gasteiger partial charge on any atom is 0.223 e. The molecule has 1 aliphatic carbocycles. The molecule has 0 amide bonds. The lowest BCUT2D eigenvalue weighted by Crippen LogP contribution is -2.33. The third-order valence-corrected chi connectivity index (χ3v) is 6.81. The molecule has 0 bridgehead atoms. The molecule has 3 rings (SSSR count). The molecule has 180 valence electrons. The molecule has 0 heterocycles. The second-order valence-corrected chi connectivity index (χ2v) is 9.40. The van der Waals surface area contributed by atoms with Gasteiger partial charge in [0, 0.05) is 11.1 Å². The fourth-order valence-electron chi connectivity index (χ4n) is 4.90. The van der Waals surface area contributed by atoms with Crippen molar-refractivity contribution in [3.63, 3.8) is 0 Å². The molecule has 0 N–H and O–H groups in total. The molecule has 0 fully saturated rings. The topological polar surface area (TPSA) is 18.5 Å². The van der Waals surface area contributed by atoms with Crippen LogP contribution in [0.25, 0.3) is 17.2 Å². The predicted molar refractivity (Wildman–Crippen MR) is 141 cm³/mol. The summed E-state index contributed by atoms with van der Waals surface area (Å²) in [5.74, 6) is -0.808. The van der Waals surface area contributed by atoms with Gasteiger partial charge in [0.05, 0.1) is 13.2 Å². The van der Waals surface area contributed by atoms with Crippen molar-refractivity contribution in [3.8, 4) is 11.1 Å². The minimum Gasteiger partial charge on any atom is -0.342 e. The molecular formula is C31H44O2. The van der Waals surface area contributed by atoms with Gasteiger partial charge in [-0.15, -0.1) is 0 Å². The van der Waals surface area contributed by atoms with Crippen LogP contribution < -0.4 is 0 Å². The van der Waals surface area contributed by atoms with Gasteiger partial charge in [-0.25, -0.2) is 0 Å². The highest BCUT2D eigenvalue weighted by Gasteiger charge is 2.45. The summed E-state index contributed by atoms with van der Waals surface area (Å²) >= 11 is 0. The molecular weight excluding hydrogens is 404 g/mol. The molecule has 0 unspecified atom stereocenters. The van der Waals surface area contributed by atoms with Gasteiger partial charge in [0.15, 0.2) is 0 Å². The van der Waals surface area contributed by atoms with Crippen molar-refractivity contribution in [1.29, 1.82) is 0 Å². The fraction of sp³-hybridized carbons (Fsp3) is 0.548. The van der Waals surface area contributed by atoms with E-state index in [0.717, 1.165) is 29.5 Å². The Labute approximate surface area is 202 Å². The number of hydrogen-bond acceptors (Lipinski definition) is 2. The number of unbranched alkanes of at least 4 members (excludes halogenated alkanes) is 10. The maximum atomic E-state index is 6.74. The van der Waals surface area contributed by atoms with Crippen LogP contribution in [0.4, 0.5) is 0 Å². The first-order valence-corrected chi connectivity index (χ1v) is 13.4. The van der Waals surface area contributed by atoms with E-state index in [-0.39, 0.29) is 0 Å². The monoisotopic (exact) mass is 448 g/mol. The second-order valence-electron chi connectivity index (χ2n) is 9.40. The zero-order chi connectivity index (χ0) is 23.4. The Morgan fingerprint density at radius 1 is 0.667 bits per heavy atom. The average Bonchev–Trinajstić information content (AvgIpc) is 3.12. The molecule has 2 aromatic carbocycles. The third-order valence-electron chi connectivity index (χ3n) is 6.81. The molecule has 33 heavy (non-hydrogen) atoms. The lowest BCUT2D eigenvalue weighted by atomic mass is 10.0. The van der Waals surface area contributed by atoms with Gasteiger partial charge in [-0.3, -0.25) is 0 Å². The Morgan fingerprint density at radius 2 is 1.21 bits per heavy atom. The molecule has 0 atom stereocenters. The van der Waals surface area contributed by atoms with Gasteiger partial charge in [-0.05, 0) is 35.6 Å². The molecule has 0 saturated heterocycles. The maximum absolute atomic E-state index is 6.74. The molecule has 0 radical (unpaired) electrons. The van der Waals surface area contributed by atoms with Gasteiger partial charge in [0.2, 0.25) is 5.79 Å². The SMILES string of the molecule is C=Cc1ccc2c(c1)C(OCCCCCCCC)(OCCCCCCCC)c1ccccc1-2. The first-order chi connectivity index (χ1) is 16.3. The van der Waals surface area contributed by atoms with Crippen LogP contribution in [-0.2, 0) is 15.3 Å². The minimum atomic E-state index is -0.808. The molecule has 0 aliphatic heterocycles. The van der Waals surface area contributed by atoms with Crippen LogP contribution in [-0.4, -0.2) is 13.2 Å². The molecule has 2 aromatic rings. The molecule has 0 spiro atoms. The highest BCUT2D eigenvalue weighted by molar-refractivity contribution is 5.80. The second kappa shape index (κ2) is 13.7. The summed E-state index contributed by atoms with van der Waals surface area (Å²) in [5.41, 5.74) is 5.85. The van der Waals surface area contributed by atoms with E-state index in [2.05, 4.69) is 62.9 Å². The van der Waals surface area contributed by atoms with Crippen molar-refractivity contribution in [2.45, 2.75) is 96.7 Å². The summed E-state index contributed by atoms with van der Waals surface area (Å²) in [6.45, 7) is 9.96. The summed E-state index contributed by atoms with van der Waals surface area (Å²) in [6, 6.07) is 15.2. The van der Waals surface area contributed by atoms with Crippen molar-refractivity contribution in [2.75, 3.05) is 13.2 Å². The van der Waals surface area contributed by atoms with Gasteiger partial charge in [0.25, 0.3) is 0 Å². The van der Waals surface area contributed by atoms with E-state index in [1.54, 1.807) is 0 Å². The van der Waals surface area contributed by atoms with E-state index >= 15 is 0 Å². The Hall–Kier alpha value is -1.90. The third kappa shape index (κ3) is 6.58. The Kier molecular flexibility index (Phi) is 10.7. The average molecular weight is 449 g/mol. The van der Waals surface area contributed by atoms with Crippen LogP contribution >= 0.6 is 0 Å². The molecule has 0 saturated carbocycles. The predicted octanol–water partition coefficient (Wildman–Crippen LogP) is 9.27. The van der Waals surface area contributed by atoms with Crippen molar-refractivity contribution in [1.82, 2.24) is 0 Å². The van der Waals surface area contributed by atoms with Gasteiger partial charge < -0.3 is 9.47 Å². The highest BCUT2D eigenvalue weighted by atomic mass is 16.7. The van der Waals surface area contributed by atoms with E-state index < -0.39 is 5.79 Å². The smallest absolute Gasteiger partial charge is 0.223 e. The van der Waals surface area contributed by atoms with Crippen LogP contribution in [0.3, 0.4) is 0 Å². The van der Waals surface area contributed by atoms with Crippen molar-refractivity contribution in [2.24, 2.45) is 0 Å². The van der Waals surface area contributed by atoms with Gasteiger partial charge in [-0.1, -0.05) is 127 Å². The Morgan fingerprint density at radius 3 is 1.82 bits per heavy atom. The zero-order valence-electron chi connectivity index (χ0n) is 21.0. The molecule has 2 heteroatoms. The summed E-state index contributed by atoms with van der Waals surface area (Å²) in [4.78, 5) is 0. The normalized spacial score (nSPS) is 13.6. The van der Waals surface area contributed by atoms with Crippen molar-refractivity contribution in [3.05, 3.63) is 65.7 Å². The summed E-state index contributed by atoms with van der Waals surface area (Å²) < 4.78 is 13.5. The highest BCUT2D eigenvalue weighted by Crippen LogP contribution is 2.51.